The Morgan fingerprint density at radius 2 is 1.94 bits per heavy atom. The lowest BCUT2D eigenvalue weighted by Gasteiger charge is -2.27. The molecule has 0 spiro atoms. The third-order valence-electron chi connectivity index (χ3n) is 6.33. The number of benzene rings is 2. The molecule has 34 heavy (non-hydrogen) atoms. The lowest BCUT2D eigenvalue weighted by Crippen LogP contribution is -2.31. The molecule has 1 N–H and O–H groups in total. The summed E-state index contributed by atoms with van der Waals surface area (Å²) in [7, 11) is 0. The van der Waals surface area contributed by atoms with Crippen LogP contribution in [0.2, 0.25) is 0 Å². The first kappa shape index (κ1) is 20.6. The SMILES string of the molecule is c1ccc(COc2ccc3[nH]cc(CN4CCc5cnc(-c6cccnc6)nc5C4)c3c2)cc1. The number of fused-ring (bicyclic) bond motifs is 2. The molecule has 0 fully saturated rings. The standard InChI is InChI=1S/C28H25N5O/c1-2-5-20(6-3-1)19-34-24-8-9-26-25(13-24)23(16-30-26)17-33-12-10-21-15-31-28(32-27(21)18-33)22-7-4-11-29-14-22/h1-9,11,13-16,30H,10,12,17-19H2. The lowest BCUT2D eigenvalue weighted by molar-refractivity contribution is 0.242. The maximum Gasteiger partial charge on any atom is 0.160 e. The smallest absolute Gasteiger partial charge is 0.160 e. The first-order valence-electron chi connectivity index (χ1n) is 11.6. The summed E-state index contributed by atoms with van der Waals surface area (Å²) >= 11 is 0. The Bertz CT molecular complexity index is 1420. The second kappa shape index (κ2) is 9.08. The molecule has 6 heteroatoms. The van der Waals surface area contributed by atoms with Gasteiger partial charge >= 0.3 is 0 Å². The molecule has 5 aromatic rings. The molecule has 168 valence electrons. The average Bonchev–Trinajstić information content (AvgIpc) is 3.30. The first-order chi connectivity index (χ1) is 16.8. The van der Waals surface area contributed by atoms with Gasteiger partial charge in [-0.15, -0.1) is 0 Å². The number of nitrogens with one attached hydrogen (secondary N) is 1. The van der Waals surface area contributed by atoms with Crippen LogP contribution in [0.1, 0.15) is 22.4 Å². The van der Waals surface area contributed by atoms with Gasteiger partial charge in [-0.05, 0) is 53.4 Å². The second-order valence-electron chi connectivity index (χ2n) is 8.66. The molecule has 0 saturated heterocycles. The van der Waals surface area contributed by atoms with Crippen molar-refractivity contribution in [1.29, 1.82) is 0 Å². The molecule has 4 heterocycles. The third kappa shape index (κ3) is 4.28. The van der Waals surface area contributed by atoms with E-state index >= 15 is 0 Å². The summed E-state index contributed by atoms with van der Waals surface area (Å²) in [4.78, 5) is 19.5. The summed E-state index contributed by atoms with van der Waals surface area (Å²) in [6, 6.07) is 20.4. The zero-order valence-electron chi connectivity index (χ0n) is 18.8. The zero-order valence-corrected chi connectivity index (χ0v) is 18.8. The normalized spacial score (nSPS) is 13.6. The number of aromatic nitrogens is 4. The van der Waals surface area contributed by atoms with Crippen molar-refractivity contribution < 1.29 is 4.74 Å². The number of nitrogens with zero attached hydrogens (tertiary/aromatic N) is 4. The quantitative estimate of drug-likeness (QED) is 0.390. The van der Waals surface area contributed by atoms with Crippen molar-refractivity contribution in [1.82, 2.24) is 24.8 Å². The van der Waals surface area contributed by atoms with E-state index in [1.54, 1.807) is 6.20 Å². The van der Waals surface area contributed by atoms with Crippen molar-refractivity contribution in [2.45, 2.75) is 26.1 Å². The molecule has 0 aliphatic carbocycles. The van der Waals surface area contributed by atoms with Crippen LogP contribution in [-0.4, -0.2) is 31.4 Å². The summed E-state index contributed by atoms with van der Waals surface area (Å²) in [6.45, 7) is 3.21. The number of hydrogen-bond acceptors (Lipinski definition) is 5. The molecule has 1 aliphatic rings. The van der Waals surface area contributed by atoms with E-state index in [0.29, 0.717) is 6.61 Å². The maximum atomic E-state index is 6.07. The predicted octanol–water partition coefficient (Wildman–Crippen LogP) is 5.16. The van der Waals surface area contributed by atoms with Crippen molar-refractivity contribution >= 4 is 10.9 Å². The Labute approximate surface area is 198 Å². The fraction of sp³-hybridized carbons (Fsp3) is 0.179. The average molecular weight is 448 g/mol. The van der Waals surface area contributed by atoms with E-state index in [9.17, 15) is 0 Å². The molecule has 6 rings (SSSR count). The fourth-order valence-corrected chi connectivity index (χ4v) is 4.49. The first-order valence-corrected chi connectivity index (χ1v) is 11.6. The molecule has 6 nitrogen and oxygen atoms in total. The fourth-order valence-electron chi connectivity index (χ4n) is 4.49. The highest BCUT2D eigenvalue weighted by Crippen LogP contribution is 2.27. The summed E-state index contributed by atoms with van der Waals surface area (Å²) in [5.41, 5.74) is 6.84. The van der Waals surface area contributed by atoms with Crippen LogP contribution in [0.4, 0.5) is 0 Å². The van der Waals surface area contributed by atoms with Crippen molar-refractivity contribution in [2.24, 2.45) is 0 Å². The van der Waals surface area contributed by atoms with Crippen LogP contribution < -0.4 is 4.74 Å². The molecule has 0 atom stereocenters. The van der Waals surface area contributed by atoms with Gasteiger partial charge in [-0.3, -0.25) is 9.88 Å². The van der Waals surface area contributed by atoms with E-state index in [4.69, 9.17) is 9.72 Å². The summed E-state index contributed by atoms with van der Waals surface area (Å²) in [5, 5.41) is 1.20. The largest absolute Gasteiger partial charge is 0.489 e. The molecule has 1 aliphatic heterocycles. The molecule has 0 saturated carbocycles. The van der Waals surface area contributed by atoms with Crippen molar-refractivity contribution in [3.63, 3.8) is 0 Å². The van der Waals surface area contributed by atoms with Crippen molar-refractivity contribution in [3.05, 3.63) is 108 Å². The number of ether oxygens (including phenoxy) is 1. The van der Waals surface area contributed by atoms with Gasteiger partial charge < -0.3 is 9.72 Å². The highest BCUT2D eigenvalue weighted by molar-refractivity contribution is 5.84. The topological polar surface area (TPSA) is 66.9 Å². The van der Waals surface area contributed by atoms with Crippen LogP contribution in [0.15, 0.2) is 85.5 Å². The summed E-state index contributed by atoms with van der Waals surface area (Å²) < 4.78 is 6.07. The van der Waals surface area contributed by atoms with Gasteiger partial charge in [0, 0.05) is 60.9 Å². The van der Waals surface area contributed by atoms with Crippen LogP contribution in [0, 0.1) is 0 Å². The van der Waals surface area contributed by atoms with Gasteiger partial charge in [-0.2, -0.15) is 0 Å². The van der Waals surface area contributed by atoms with Crippen molar-refractivity contribution in [2.75, 3.05) is 6.54 Å². The molecule has 3 aromatic heterocycles. The van der Waals surface area contributed by atoms with Gasteiger partial charge in [0.1, 0.15) is 12.4 Å². The third-order valence-corrected chi connectivity index (χ3v) is 6.33. The monoisotopic (exact) mass is 447 g/mol. The van der Waals surface area contributed by atoms with Gasteiger partial charge in [0.05, 0.1) is 5.69 Å². The van der Waals surface area contributed by atoms with E-state index in [1.165, 1.54) is 16.5 Å². The minimum absolute atomic E-state index is 0.563. The molecule has 0 unspecified atom stereocenters. The highest BCUT2D eigenvalue weighted by atomic mass is 16.5. The summed E-state index contributed by atoms with van der Waals surface area (Å²) in [5.74, 6) is 1.62. The van der Waals surface area contributed by atoms with Crippen LogP contribution in [-0.2, 0) is 26.1 Å². The lowest BCUT2D eigenvalue weighted by atomic mass is 10.1. The molecule has 2 aromatic carbocycles. The Balaban J connectivity index is 1.19. The van der Waals surface area contributed by atoms with Crippen LogP contribution in [0.25, 0.3) is 22.3 Å². The van der Waals surface area contributed by atoms with Gasteiger partial charge in [0.15, 0.2) is 5.82 Å². The maximum absolute atomic E-state index is 6.07. The number of pyridine rings is 1. The van der Waals surface area contributed by atoms with Crippen LogP contribution in [0.3, 0.4) is 0 Å². The minimum atomic E-state index is 0.563. The Hall–Kier alpha value is -4.03. The van der Waals surface area contributed by atoms with Crippen LogP contribution >= 0.6 is 0 Å². The minimum Gasteiger partial charge on any atom is -0.489 e. The van der Waals surface area contributed by atoms with Gasteiger partial charge in [-0.1, -0.05) is 30.3 Å². The van der Waals surface area contributed by atoms with Gasteiger partial charge in [0.2, 0.25) is 0 Å². The van der Waals surface area contributed by atoms with E-state index in [2.05, 4.69) is 50.3 Å². The number of rotatable bonds is 6. The van der Waals surface area contributed by atoms with Gasteiger partial charge in [0.25, 0.3) is 0 Å². The van der Waals surface area contributed by atoms with Crippen LogP contribution in [0.5, 0.6) is 5.75 Å². The number of H-pyrrole nitrogens is 1. The molecular formula is C28H25N5O. The van der Waals surface area contributed by atoms with E-state index in [-0.39, 0.29) is 0 Å². The van der Waals surface area contributed by atoms with Crippen molar-refractivity contribution in [3.8, 4) is 17.1 Å². The number of hydrogen-bond donors (Lipinski definition) is 1. The summed E-state index contributed by atoms with van der Waals surface area (Å²) in [6.07, 6.45) is 8.62. The molecule has 0 amide bonds. The predicted molar refractivity (Wildman–Crippen MR) is 132 cm³/mol. The number of aromatic amines is 1. The van der Waals surface area contributed by atoms with E-state index < -0.39 is 0 Å². The Kier molecular flexibility index (Phi) is 5.49. The highest BCUT2D eigenvalue weighted by Gasteiger charge is 2.20. The molecular weight excluding hydrogens is 422 g/mol. The Morgan fingerprint density at radius 3 is 2.82 bits per heavy atom. The molecule has 0 bridgehead atoms. The zero-order chi connectivity index (χ0) is 22.7. The second-order valence-corrected chi connectivity index (χ2v) is 8.66. The van der Waals surface area contributed by atoms with Gasteiger partial charge in [-0.25, -0.2) is 9.97 Å². The van der Waals surface area contributed by atoms with E-state index in [1.807, 2.05) is 48.8 Å². The molecule has 0 radical (unpaired) electrons. The van der Waals surface area contributed by atoms with E-state index in [0.717, 1.165) is 60.0 Å². The Morgan fingerprint density at radius 1 is 1.00 bits per heavy atom.